The molecule has 1 aromatic rings. The Balaban J connectivity index is 2.39. The number of ether oxygens (including phenoxy) is 1. The molecule has 1 atom stereocenters. The molecule has 116 valence electrons. The Bertz CT molecular complexity index is 639. The van der Waals surface area contributed by atoms with Crippen molar-refractivity contribution in [3.63, 3.8) is 0 Å². The average Bonchev–Trinajstić information content (AvgIpc) is 2.35. The van der Waals surface area contributed by atoms with Crippen molar-refractivity contribution < 1.29 is 22.3 Å². The van der Waals surface area contributed by atoms with Gasteiger partial charge in [0.15, 0.2) is 9.84 Å². The first kappa shape index (κ1) is 15.8. The van der Waals surface area contributed by atoms with E-state index in [1.165, 1.54) is 19.2 Å². The van der Waals surface area contributed by atoms with Gasteiger partial charge in [-0.05, 0) is 43.5 Å². The van der Waals surface area contributed by atoms with Gasteiger partial charge in [-0.3, -0.25) is 0 Å². The summed E-state index contributed by atoms with van der Waals surface area (Å²) in [6.07, 6.45) is 0.688. The molecule has 1 saturated heterocycles. The van der Waals surface area contributed by atoms with Gasteiger partial charge >= 0.3 is 5.97 Å². The van der Waals surface area contributed by atoms with Gasteiger partial charge in [-0.1, -0.05) is 0 Å². The quantitative estimate of drug-likeness (QED) is 0.859. The van der Waals surface area contributed by atoms with Gasteiger partial charge in [0.2, 0.25) is 0 Å². The molecular weight excluding hydrogens is 297 g/mol. The molecule has 1 N–H and O–H groups in total. The third kappa shape index (κ3) is 3.53. The Morgan fingerprint density at radius 3 is 2.67 bits per heavy atom. The number of halogens is 1. The molecule has 1 unspecified atom stereocenters. The zero-order valence-electron chi connectivity index (χ0n) is 12.0. The Hall–Kier alpha value is -1.63. The Kier molecular flexibility index (Phi) is 4.22. The molecule has 1 aliphatic rings. The van der Waals surface area contributed by atoms with Crippen LogP contribution in [0.1, 0.15) is 18.4 Å². The number of methoxy groups -OCH3 is 1. The number of carbonyl (C=O) groups excluding carboxylic acids is 1. The summed E-state index contributed by atoms with van der Waals surface area (Å²) >= 11 is 0. The third-order valence-corrected chi connectivity index (χ3v) is 5.37. The highest BCUT2D eigenvalue weighted by Crippen LogP contribution is 2.29. The topological polar surface area (TPSA) is 72.5 Å². The first-order valence-electron chi connectivity index (χ1n) is 6.61. The smallest absolute Gasteiger partial charge is 0.332 e. The van der Waals surface area contributed by atoms with E-state index in [2.05, 4.69) is 5.32 Å². The molecule has 1 fully saturated rings. The number of aryl methyl sites for hydroxylation is 1. The van der Waals surface area contributed by atoms with E-state index in [9.17, 15) is 17.6 Å². The number of nitrogens with one attached hydrogen (secondary N) is 1. The fourth-order valence-corrected chi connectivity index (χ4v) is 4.52. The van der Waals surface area contributed by atoms with Crippen molar-refractivity contribution in [2.45, 2.75) is 25.3 Å². The normalized spacial score (nSPS) is 24.3. The van der Waals surface area contributed by atoms with Gasteiger partial charge in [0.05, 0.1) is 18.6 Å². The predicted octanol–water partition coefficient (Wildman–Crippen LogP) is 1.67. The molecular formula is C14H18FNO4S. The Morgan fingerprint density at radius 1 is 1.38 bits per heavy atom. The minimum atomic E-state index is -3.34. The van der Waals surface area contributed by atoms with Gasteiger partial charge in [-0.2, -0.15) is 0 Å². The summed E-state index contributed by atoms with van der Waals surface area (Å²) in [5, 5.41) is 2.89. The summed E-state index contributed by atoms with van der Waals surface area (Å²) in [4.78, 5) is 12.1. The highest BCUT2D eigenvalue weighted by atomic mass is 32.2. The van der Waals surface area contributed by atoms with Crippen LogP contribution in [0.3, 0.4) is 0 Å². The summed E-state index contributed by atoms with van der Waals surface area (Å²) < 4.78 is 42.0. The summed E-state index contributed by atoms with van der Waals surface area (Å²) in [5.41, 5.74) is -0.308. The van der Waals surface area contributed by atoms with Crippen LogP contribution < -0.4 is 5.32 Å². The fraction of sp³-hybridized carbons (Fsp3) is 0.500. The monoisotopic (exact) mass is 315 g/mol. The van der Waals surface area contributed by atoms with Crippen molar-refractivity contribution >= 4 is 21.5 Å². The molecule has 1 aromatic carbocycles. The van der Waals surface area contributed by atoms with E-state index in [0.29, 0.717) is 24.1 Å². The number of carbonyl (C=O) groups is 1. The molecule has 1 heterocycles. The summed E-state index contributed by atoms with van der Waals surface area (Å²) in [6.45, 7) is 1.72. The van der Waals surface area contributed by atoms with E-state index in [1.807, 2.05) is 0 Å². The van der Waals surface area contributed by atoms with Crippen LogP contribution in [0.25, 0.3) is 0 Å². The molecule has 0 radical (unpaired) electrons. The highest BCUT2D eigenvalue weighted by Gasteiger charge is 2.46. The lowest BCUT2D eigenvalue weighted by molar-refractivity contribution is -0.145. The van der Waals surface area contributed by atoms with Gasteiger partial charge in [-0.15, -0.1) is 0 Å². The lowest BCUT2D eigenvalue weighted by atomic mass is 9.94. The fourth-order valence-electron chi connectivity index (χ4n) is 2.70. The van der Waals surface area contributed by atoms with Crippen LogP contribution in [0.15, 0.2) is 18.2 Å². The first-order chi connectivity index (χ1) is 9.76. The lowest BCUT2D eigenvalue weighted by Crippen LogP contribution is -2.55. The van der Waals surface area contributed by atoms with Crippen molar-refractivity contribution in [3.8, 4) is 0 Å². The molecule has 1 aliphatic heterocycles. The van der Waals surface area contributed by atoms with Crippen LogP contribution in [0.4, 0.5) is 10.1 Å². The van der Waals surface area contributed by atoms with Gasteiger partial charge < -0.3 is 10.1 Å². The molecule has 0 amide bonds. The standard InChI is InChI=1S/C14H18FNO4S/c1-10-6-11(15)8-12(7-10)16-14(13(17)20-2)4-3-5-21(18,19)9-14/h6-8,16H,3-5,9H2,1-2H3. The SMILES string of the molecule is COC(=O)C1(Nc2cc(C)cc(F)c2)CCCS(=O)(=O)C1. The van der Waals surface area contributed by atoms with Crippen LogP contribution in [0, 0.1) is 12.7 Å². The second kappa shape index (κ2) is 5.63. The molecule has 0 aromatic heterocycles. The maximum atomic E-state index is 13.5. The Labute approximate surface area is 123 Å². The van der Waals surface area contributed by atoms with Crippen LogP contribution in [0.2, 0.25) is 0 Å². The van der Waals surface area contributed by atoms with Crippen molar-refractivity contribution in [2.24, 2.45) is 0 Å². The van der Waals surface area contributed by atoms with Crippen LogP contribution in [-0.2, 0) is 19.4 Å². The second-order valence-corrected chi connectivity index (χ2v) is 7.60. The zero-order chi connectivity index (χ0) is 15.7. The van der Waals surface area contributed by atoms with E-state index in [4.69, 9.17) is 4.74 Å². The van der Waals surface area contributed by atoms with E-state index in [1.54, 1.807) is 13.0 Å². The van der Waals surface area contributed by atoms with Gasteiger partial charge in [0, 0.05) is 5.69 Å². The van der Waals surface area contributed by atoms with Crippen molar-refractivity contribution in [1.29, 1.82) is 0 Å². The number of sulfone groups is 1. The molecule has 0 spiro atoms. The zero-order valence-corrected chi connectivity index (χ0v) is 12.8. The lowest BCUT2D eigenvalue weighted by Gasteiger charge is -2.35. The maximum absolute atomic E-state index is 13.5. The third-order valence-electron chi connectivity index (χ3n) is 3.53. The minimum Gasteiger partial charge on any atom is -0.467 e. The molecule has 5 nitrogen and oxygen atoms in total. The maximum Gasteiger partial charge on any atom is 0.332 e. The minimum absolute atomic E-state index is 0.0512. The summed E-state index contributed by atoms with van der Waals surface area (Å²) in [5.74, 6) is -1.39. The van der Waals surface area contributed by atoms with Crippen molar-refractivity contribution in [1.82, 2.24) is 0 Å². The molecule has 0 aliphatic carbocycles. The number of anilines is 1. The number of rotatable bonds is 3. The van der Waals surface area contributed by atoms with Crippen molar-refractivity contribution in [2.75, 3.05) is 23.9 Å². The van der Waals surface area contributed by atoms with Crippen molar-refractivity contribution in [3.05, 3.63) is 29.6 Å². The number of hydrogen-bond donors (Lipinski definition) is 1. The number of hydrogen-bond acceptors (Lipinski definition) is 5. The van der Waals surface area contributed by atoms with E-state index in [-0.39, 0.29) is 11.5 Å². The largest absolute Gasteiger partial charge is 0.467 e. The van der Waals surface area contributed by atoms with Gasteiger partial charge in [-0.25, -0.2) is 17.6 Å². The second-order valence-electron chi connectivity index (χ2n) is 5.41. The van der Waals surface area contributed by atoms with Gasteiger partial charge in [0.25, 0.3) is 0 Å². The molecule has 2 rings (SSSR count). The Morgan fingerprint density at radius 2 is 2.10 bits per heavy atom. The molecule has 0 bridgehead atoms. The average molecular weight is 315 g/mol. The molecule has 0 saturated carbocycles. The highest BCUT2D eigenvalue weighted by molar-refractivity contribution is 7.91. The summed E-state index contributed by atoms with van der Waals surface area (Å²) in [7, 11) is -2.13. The van der Waals surface area contributed by atoms with E-state index >= 15 is 0 Å². The van der Waals surface area contributed by atoms with Gasteiger partial charge in [0.1, 0.15) is 11.4 Å². The van der Waals surface area contributed by atoms with Crippen LogP contribution in [-0.4, -0.2) is 38.5 Å². The molecule has 21 heavy (non-hydrogen) atoms. The number of benzene rings is 1. The van der Waals surface area contributed by atoms with E-state index < -0.39 is 27.2 Å². The first-order valence-corrected chi connectivity index (χ1v) is 8.43. The van der Waals surface area contributed by atoms with Crippen LogP contribution >= 0.6 is 0 Å². The molecule has 7 heteroatoms. The predicted molar refractivity (Wildman–Crippen MR) is 77.4 cm³/mol. The van der Waals surface area contributed by atoms with E-state index in [0.717, 1.165) is 0 Å². The van der Waals surface area contributed by atoms with Crippen LogP contribution in [0.5, 0.6) is 0 Å². The number of esters is 1. The summed E-state index contributed by atoms with van der Waals surface area (Å²) in [6, 6.07) is 4.25.